The molecule has 1 saturated heterocycles. The fraction of sp³-hybridized carbons (Fsp3) is 0.278. The summed E-state index contributed by atoms with van der Waals surface area (Å²) in [6, 6.07) is 6.18. The summed E-state index contributed by atoms with van der Waals surface area (Å²) in [7, 11) is 0. The number of carbonyl (C=O) groups is 1. The Hall–Kier alpha value is -2.41. The van der Waals surface area contributed by atoms with E-state index in [9.17, 15) is 9.18 Å². The number of rotatable bonds is 2. The highest BCUT2D eigenvalue weighted by molar-refractivity contribution is 8.18. The van der Waals surface area contributed by atoms with Crippen molar-refractivity contribution >= 4 is 28.9 Å². The van der Waals surface area contributed by atoms with Gasteiger partial charge in [-0.1, -0.05) is 0 Å². The van der Waals surface area contributed by atoms with Gasteiger partial charge in [-0.25, -0.2) is 4.39 Å². The number of aliphatic imine (C=N–C) groups is 1. The van der Waals surface area contributed by atoms with Crippen LogP contribution in [0.1, 0.15) is 24.8 Å². The molecule has 0 radical (unpaired) electrons. The molecule has 0 bridgehead atoms. The van der Waals surface area contributed by atoms with Crippen LogP contribution in [-0.2, 0) is 4.79 Å². The number of carbonyl (C=O) groups excluding carboxylic acids is 1. The zero-order valence-electron chi connectivity index (χ0n) is 13.5. The smallest absolute Gasteiger partial charge is 0.286 e. The van der Waals surface area contributed by atoms with Crippen LogP contribution < -0.4 is 0 Å². The number of amidine groups is 1. The molecular weight excluding hydrogens is 339 g/mol. The van der Waals surface area contributed by atoms with Gasteiger partial charge in [0.25, 0.3) is 5.91 Å². The Kier molecular flexibility index (Phi) is 4.40. The number of piperidine rings is 1. The normalized spacial score (nSPS) is 19.6. The van der Waals surface area contributed by atoms with Gasteiger partial charge in [-0.05, 0) is 61.4 Å². The van der Waals surface area contributed by atoms with E-state index >= 15 is 0 Å². The zero-order valence-corrected chi connectivity index (χ0v) is 14.4. The number of thioether (sulfide) groups is 1. The molecule has 2 aliphatic heterocycles. The lowest BCUT2D eigenvalue weighted by atomic mass is 10.1. The van der Waals surface area contributed by atoms with Gasteiger partial charge in [0.1, 0.15) is 5.82 Å². The van der Waals surface area contributed by atoms with E-state index in [0.717, 1.165) is 47.9 Å². The fourth-order valence-electron chi connectivity index (χ4n) is 3.01. The van der Waals surface area contributed by atoms with Crippen molar-refractivity contribution < 1.29 is 9.18 Å². The molecule has 0 atom stereocenters. The molecule has 2 aliphatic rings. The number of aromatic nitrogens is 2. The van der Waals surface area contributed by atoms with Gasteiger partial charge in [0.15, 0.2) is 5.17 Å². The first-order valence-electron chi connectivity index (χ1n) is 8.27. The Balaban J connectivity index is 1.57. The second kappa shape index (κ2) is 6.84. The highest BCUT2D eigenvalue weighted by Crippen LogP contribution is 2.33. The average Bonchev–Trinajstić information content (AvgIpc) is 3.24. The Labute approximate surface area is 149 Å². The Morgan fingerprint density at radius 3 is 2.68 bits per heavy atom. The molecule has 0 saturated carbocycles. The molecule has 0 spiro atoms. The minimum atomic E-state index is -0.288. The number of hydrogen-bond acceptors (Lipinski definition) is 4. The molecule has 1 aromatic carbocycles. The molecule has 0 unspecified atom stereocenters. The molecule has 1 aromatic heterocycles. The van der Waals surface area contributed by atoms with E-state index in [1.54, 1.807) is 24.4 Å². The maximum Gasteiger partial charge on any atom is 0.286 e. The van der Waals surface area contributed by atoms with Crippen molar-refractivity contribution in [3.63, 3.8) is 0 Å². The predicted molar refractivity (Wildman–Crippen MR) is 97.4 cm³/mol. The highest BCUT2D eigenvalue weighted by atomic mass is 32.2. The number of nitrogens with zero attached hydrogens (tertiary/aromatic N) is 3. The van der Waals surface area contributed by atoms with Crippen molar-refractivity contribution in [2.75, 3.05) is 13.1 Å². The van der Waals surface area contributed by atoms with E-state index in [1.165, 1.54) is 30.3 Å². The first-order valence-corrected chi connectivity index (χ1v) is 9.09. The lowest BCUT2D eigenvalue weighted by Gasteiger charge is -2.27. The van der Waals surface area contributed by atoms with Gasteiger partial charge in [0.2, 0.25) is 0 Å². The molecule has 3 heterocycles. The highest BCUT2D eigenvalue weighted by Gasteiger charge is 2.27. The lowest BCUT2D eigenvalue weighted by Crippen LogP contribution is -2.33. The second-order valence-electron chi connectivity index (χ2n) is 6.07. The van der Waals surface area contributed by atoms with Crippen LogP contribution in [0.2, 0.25) is 0 Å². The molecule has 5 nitrogen and oxygen atoms in total. The van der Waals surface area contributed by atoms with E-state index in [4.69, 9.17) is 0 Å². The molecule has 25 heavy (non-hydrogen) atoms. The van der Waals surface area contributed by atoms with Crippen molar-refractivity contribution in [1.82, 2.24) is 15.1 Å². The summed E-state index contributed by atoms with van der Waals surface area (Å²) >= 11 is 1.42. The number of aromatic amines is 1. The van der Waals surface area contributed by atoms with Crippen molar-refractivity contribution in [3.05, 3.63) is 46.7 Å². The zero-order chi connectivity index (χ0) is 17.2. The second-order valence-corrected chi connectivity index (χ2v) is 7.07. The molecule has 4 rings (SSSR count). The quantitative estimate of drug-likeness (QED) is 0.834. The summed E-state index contributed by atoms with van der Waals surface area (Å²) < 4.78 is 13.1. The van der Waals surface area contributed by atoms with Crippen molar-refractivity contribution in [2.45, 2.75) is 19.3 Å². The summed E-state index contributed by atoms with van der Waals surface area (Å²) in [5.41, 5.74) is 2.36. The third-order valence-electron chi connectivity index (χ3n) is 4.32. The van der Waals surface area contributed by atoms with Gasteiger partial charge in [-0.2, -0.15) is 10.1 Å². The lowest BCUT2D eigenvalue weighted by molar-refractivity contribution is -0.113. The van der Waals surface area contributed by atoms with Gasteiger partial charge in [-0.3, -0.25) is 9.89 Å². The molecule has 0 aliphatic carbocycles. The van der Waals surface area contributed by atoms with Gasteiger partial charge in [-0.15, -0.1) is 0 Å². The van der Waals surface area contributed by atoms with Crippen LogP contribution >= 0.6 is 11.8 Å². The number of hydrogen-bond donors (Lipinski definition) is 1. The molecule has 128 valence electrons. The molecule has 7 heteroatoms. The third kappa shape index (κ3) is 3.37. The maximum absolute atomic E-state index is 13.1. The van der Waals surface area contributed by atoms with Crippen LogP contribution in [0.25, 0.3) is 17.3 Å². The van der Waals surface area contributed by atoms with Gasteiger partial charge >= 0.3 is 0 Å². The SMILES string of the molecule is O=C1N=C(N2CCCCC2)S/C1=C\c1cn[nH]c1-c1ccc(F)cc1. The summed E-state index contributed by atoms with van der Waals surface area (Å²) in [5.74, 6) is -0.499. The summed E-state index contributed by atoms with van der Waals surface area (Å²) in [5, 5.41) is 7.78. The molecule has 1 N–H and O–H groups in total. The van der Waals surface area contributed by atoms with Crippen molar-refractivity contribution in [3.8, 4) is 11.3 Å². The molecule has 1 amide bonds. The largest absolute Gasteiger partial charge is 0.351 e. The number of H-pyrrole nitrogens is 1. The van der Waals surface area contributed by atoms with E-state index in [2.05, 4.69) is 20.1 Å². The van der Waals surface area contributed by atoms with Crippen LogP contribution in [0.15, 0.2) is 40.4 Å². The van der Waals surface area contributed by atoms with E-state index in [-0.39, 0.29) is 11.7 Å². The fourth-order valence-corrected chi connectivity index (χ4v) is 3.97. The minimum Gasteiger partial charge on any atom is -0.351 e. The van der Waals surface area contributed by atoms with E-state index in [1.807, 2.05) is 0 Å². The molecule has 1 fully saturated rings. The monoisotopic (exact) mass is 356 g/mol. The topological polar surface area (TPSA) is 61.4 Å². The third-order valence-corrected chi connectivity index (χ3v) is 5.37. The van der Waals surface area contributed by atoms with E-state index < -0.39 is 0 Å². The molecule has 2 aromatic rings. The van der Waals surface area contributed by atoms with Gasteiger partial charge < -0.3 is 4.90 Å². The maximum atomic E-state index is 13.1. The van der Waals surface area contributed by atoms with Crippen LogP contribution in [-0.4, -0.2) is 39.3 Å². The number of benzene rings is 1. The first kappa shape index (κ1) is 16.1. The Bertz CT molecular complexity index is 850. The van der Waals surface area contributed by atoms with Crippen molar-refractivity contribution in [2.24, 2.45) is 4.99 Å². The minimum absolute atomic E-state index is 0.211. The number of amides is 1. The number of nitrogens with one attached hydrogen (secondary N) is 1. The van der Waals surface area contributed by atoms with Crippen LogP contribution in [0.4, 0.5) is 4.39 Å². The number of halogens is 1. The summed E-state index contributed by atoms with van der Waals surface area (Å²) in [6.07, 6.45) is 6.99. The average molecular weight is 356 g/mol. The van der Waals surface area contributed by atoms with Crippen molar-refractivity contribution in [1.29, 1.82) is 0 Å². The Morgan fingerprint density at radius 1 is 1.16 bits per heavy atom. The predicted octanol–water partition coefficient (Wildman–Crippen LogP) is 3.67. The first-order chi connectivity index (χ1) is 12.2. The van der Waals surface area contributed by atoms with Crippen LogP contribution in [0, 0.1) is 5.82 Å². The summed E-state index contributed by atoms with van der Waals surface area (Å²) in [6.45, 7) is 1.91. The Morgan fingerprint density at radius 2 is 1.92 bits per heavy atom. The standard InChI is InChI=1S/C18H17FN4OS/c19-14-6-4-12(5-7-14)16-13(11-20-22-16)10-15-17(24)21-18(25-15)23-8-2-1-3-9-23/h4-7,10-11H,1-3,8-9H2,(H,20,22)/b15-10-. The van der Waals surface area contributed by atoms with Crippen LogP contribution in [0.3, 0.4) is 0 Å². The number of likely N-dealkylation sites (tertiary alicyclic amines) is 1. The van der Waals surface area contributed by atoms with Gasteiger partial charge in [0.05, 0.1) is 16.8 Å². The van der Waals surface area contributed by atoms with Gasteiger partial charge in [0, 0.05) is 24.2 Å². The summed E-state index contributed by atoms with van der Waals surface area (Å²) in [4.78, 5) is 19.2. The van der Waals surface area contributed by atoms with E-state index in [0.29, 0.717) is 4.91 Å². The van der Waals surface area contributed by atoms with Crippen LogP contribution in [0.5, 0.6) is 0 Å². The molecular formula is C18H17FN4OS.